The minimum atomic E-state index is 1.08. The largest absolute Gasteiger partial charge is 0.469 e. The lowest BCUT2D eigenvalue weighted by molar-refractivity contribution is 0.492. The molecule has 0 aromatic carbocycles. The van der Waals surface area contributed by atoms with Crippen LogP contribution in [0.15, 0.2) is 22.8 Å². The van der Waals surface area contributed by atoms with Crippen molar-refractivity contribution >= 4 is 0 Å². The van der Waals surface area contributed by atoms with E-state index in [1.165, 1.54) is 32.1 Å². The van der Waals surface area contributed by atoms with Crippen LogP contribution < -0.4 is 0 Å². The predicted octanol–water partition coefficient (Wildman–Crippen LogP) is 4.00. The third-order valence-electron chi connectivity index (χ3n) is 2.25. The zero-order chi connectivity index (χ0) is 9.36. The minimum Gasteiger partial charge on any atom is -0.469 e. The molecule has 0 aliphatic carbocycles. The Morgan fingerprint density at radius 3 is 2.54 bits per heavy atom. The fraction of sp³-hybridized carbons (Fsp3) is 0.583. The molecule has 0 unspecified atom stereocenters. The first-order valence-electron chi connectivity index (χ1n) is 5.25. The molecule has 0 N–H and O–H groups in total. The number of rotatable bonds is 7. The van der Waals surface area contributed by atoms with Crippen molar-refractivity contribution in [2.75, 3.05) is 0 Å². The Balaban J connectivity index is 1.90. The third-order valence-corrected chi connectivity index (χ3v) is 2.25. The van der Waals surface area contributed by atoms with Crippen molar-refractivity contribution in [3.8, 4) is 0 Å². The molecule has 0 atom stereocenters. The first-order chi connectivity index (χ1) is 6.43. The highest BCUT2D eigenvalue weighted by Crippen LogP contribution is 2.09. The highest BCUT2D eigenvalue weighted by molar-refractivity contribution is 4.97. The van der Waals surface area contributed by atoms with Gasteiger partial charge in [0.2, 0.25) is 0 Å². The average Bonchev–Trinajstić information content (AvgIpc) is 2.63. The summed E-state index contributed by atoms with van der Waals surface area (Å²) in [6.07, 6.45) is 10.5. The van der Waals surface area contributed by atoms with Crippen LogP contribution in [0.1, 0.15) is 44.3 Å². The Morgan fingerprint density at radius 1 is 1.08 bits per heavy atom. The molecule has 1 heteroatoms. The number of unbranched alkanes of at least 4 members (excludes halogenated alkanes) is 5. The summed E-state index contributed by atoms with van der Waals surface area (Å²) < 4.78 is 5.25. The number of furan rings is 1. The zero-order valence-corrected chi connectivity index (χ0v) is 8.30. The van der Waals surface area contributed by atoms with Gasteiger partial charge in [0.25, 0.3) is 0 Å². The number of hydrogen-bond donors (Lipinski definition) is 0. The minimum absolute atomic E-state index is 1.08. The van der Waals surface area contributed by atoms with Crippen LogP contribution in [0.4, 0.5) is 0 Å². The molecule has 0 aliphatic heterocycles. The molecule has 73 valence electrons. The van der Waals surface area contributed by atoms with E-state index in [1.807, 2.05) is 6.07 Å². The Kier molecular flexibility index (Phi) is 5.39. The molecule has 1 radical (unpaired) electrons. The molecule has 0 saturated heterocycles. The normalized spacial score (nSPS) is 10.5. The molecule has 0 fully saturated rings. The molecule has 1 aromatic heterocycles. The van der Waals surface area contributed by atoms with Gasteiger partial charge in [-0.15, -0.1) is 0 Å². The molecule has 0 aliphatic rings. The maximum atomic E-state index is 5.25. The Labute approximate surface area is 81.1 Å². The molecular formula is C12H19O. The maximum absolute atomic E-state index is 5.25. The topological polar surface area (TPSA) is 13.1 Å². The van der Waals surface area contributed by atoms with Crippen molar-refractivity contribution in [3.63, 3.8) is 0 Å². The Hall–Kier alpha value is -0.720. The van der Waals surface area contributed by atoms with Crippen LogP contribution >= 0.6 is 0 Å². The van der Waals surface area contributed by atoms with Crippen molar-refractivity contribution in [2.24, 2.45) is 0 Å². The summed E-state index contributed by atoms with van der Waals surface area (Å²) in [5.41, 5.74) is 0. The van der Waals surface area contributed by atoms with Gasteiger partial charge in [-0.05, 0) is 18.6 Å². The van der Waals surface area contributed by atoms with E-state index in [2.05, 4.69) is 13.0 Å². The molecule has 13 heavy (non-hydrogen) atoms. The van der Waals surface area contributed by atoms with E-state index in [-0.39, 0.29) is 0 Å². The van der Waals surface area contributed by atoms with E-state index in [4.69, 9.17) is 4.42 Å². The lowest BCUT2D eigenvalue weighted by Crippen LogP contribution is -1.83. The Bertz CT molecular complexity index is 189. The highest BCUT2D eigenvalue weighted by Gasteiger charge is 1.95. The number of aryl methyl sites for hydroxylation is 1. The monoisotopic (exact) mass is 179 g/mol. The van der Waals surface area contributed by atoms with Crippen LogP contribution in [0.2, 0.25) is 0 Å². The molecule has 1 aromatic rings. The molecule has 1 rings (SSSR count). The summed E-state index contributed by atoms with van der Waals surface area (Å²) in [7, 11) is 0. The first kappa shape index (κ1) is 10.4. The molecular weight excluding hydrogens is 160 g/mol. The summed E-state index contributed by atoms with van der Waals surface area (Å²) in [6.45, 7) is 3.83. The second-order valence-electron chi connectivity index (χ2n) is 3.45. The van der Waals surface area contributed by atoms with Gasteiger partial charge < -0.3 is 4.42 Å². The van der Waals surface area contributed by atoms with Gasteiger partial charge in [-0.1, -0.05) is 39.0 Å². The van der Waals surface area contributed by atoms with E-state index in [0.29, 0.717) is 0 Å². The van der Waals surface area contributed by atoms with Crippen LogP contribution in [0.25, 0.3) is 0 Å². The highest BCUT2D eigenvalue weighted by atomic mass is 16.3. The van der Waals surface area contributed by atoms with Gasteiger partial charge >= 0.3 is 0 Å². The van der Waals surface area contributed by atoms with Gasteiger partial charge in [0.15, 0.2) is 0 Å². The van der Waals surface area contributed by atoms with Crippen LogP contribution in [0, 0.1) is 6.92 Å². The van der Waals surface area contributed by atoms with Crippen molar-refractivity contribution in [2.45, 2.75) is 44.9 Å². The number of hydrogen-bond acceptors (Lipinski definition) is 1. The first-order valence-corrected chi connectivity index (χ1v) is 5.25. The second kappa shape index (κ2) is 6.76. The van der Waals surface area contributed by atoms with Gasteiger partial charge in [-0.3, -0.25) is 0 Å². The fourth-order valence-electron chi connectivity index (χ4n) is 1.46. The molecule has 0 saturated carbocycles. The molecule has 1 heterocycles. The van der Waals surface area contributed by atoms with Crippen LogP contribution in [-0.2, 0) is 6.42 Å². The van der Waals surface area contributed by atoms with Gasteiger partial charge in [-0.25, -0.2) is 0 Å². The summed E-state index contributed by atoms with van der Waals surface area (Å²) >= 11 is 0. The van der Waals surface area contributed by atoms with Gasteiger partial charge in [-0.2, -0.15) is 0 Å². The lowest BCUT2D eigenvalue weighted by Gasteiger charge is -1.98. The fourth-order valence-corrected chi connectivity index (χ4v) is 1.46. The smallest absolute Gasteiger partial charge is 0.103 e. The van der Waals surface area contributed by atoms with Crippen LogP contribution in [0.5, 0.6) is 0 Å². The lowest BCUT2D eigenvalue weighted by atomic mass is 10.1. The van der Waals surface area contributed by atoms with Crippen LogP contribution in [-0.4, -0.2) is 0 Å². The van der Waals surface area contributed by atoms with Crippen molar-refractivity contribution in [3.05, 3.63) is 31.1 Å². The second-order valence-corrected chi connectivity index (χ2v) is 3.45. The zero-order valence-electron chi connectivity index (χ0n) is 8.30. The summed E-state index contributed by atoms with van der Waals surface area (Å²) in [5.74, 6) is 1.12. The quantitative estimate of drug-likeness (QED) is 0.577. The van der Waals surface area contributed by atoms with E-state index in [0.717, 1.165) is 18.6 Å². The van der Waals surface area contributed by atoms with Gasteiger partial charge in [0.05, 0.1) is 6.26 Å². The van der Waals surface area contributed by atoms with E-state index in [9.17, 15) is 0 Å². The van der Waals surface area contributed by atoms with E-state index >= 15 is 0 Å². The standard InChI is InChI=1S/C12H19O/c1-2-3-4-5-6-7-9-12-10-8-11-13-12/h8,10-11H,1-7,9H2. The van der Waals surface area contributed by atoms with Crippen molar-refractivity contribution in [1.29, 1.82) is 0 Å². The summed E-state index contributed by atoms with van der Waals surface area (Å²) in [4.78, 5) is 0. The summed E-state index contributed by atoms with van der Waals surface area (Å²) in [5, 5.41) is 0. The average molecular weight is 179 g/mol. The van der Waals surface area contributed by atoms with E-state index in [1.54, 1.807) is 6.26 Å². The maximum Gasteiger partial charge on any atom is 0.103 e. The SMILES string of the molecule is [CH2]CCCCCCCc1ccco1. The molecule has 0 bridgehead atoms. The molecule has 0 amide bonds. The van der Waals surface area contributed by atoms with Gasteiger partial charge in [0.1, 0.15) is 5.76 Å². The van der Waals surface area contributed by atoms with Crippen LogP contribution in [0.3, 0.4) is 0 Å². The molecule has 1 nitrogen and oxygen atoms in total. The summed E-state index contributed by atoms with van der Waals surface area (Å²) in [6, 6.07) is 4.01. The Morgan fingerprint density at radius 2 is 1.85 bits per heavy atom. The van der Waals surface area contributed by atoms with Crippen molar-refractivity contribution < 1.29 is 4.42 Å². The molecule has 0 spiro atoms. The third kappa shape index (κ3) is 4.76. The van der Waals surface area contributed by atoms with E-state index < -0.39 is 0 Å². The van der Waals surface area contributed by atoms with Crippen molar-refractivity contribution in [1.82, 2.24) is 0 Å². The predicted molar refractivity (Wildman–Crippen MR) is 55.5 cm³/mol. The van der Waals surface area contributed by atoms with Gasteiger partial charge in [0, 0.05) is 6.42 Å².